The number of methoxy groups -OCH3 is 1. The van der Waals surface area contributed by atoms with Gasteiger partial charge in [0.1, 0.15) is 24.2 Å². The summed E-state index contributed by atoms with van der Waals surface area (Å²) < 4.78 is 50.7. The summed E-state index contributed by atoms with van der Waals surface area (Å²) in [7, 11) is -2.89. The molecule has 10 heteroatoms. The summed E-state index contributed by atoms with van der Waals surface area (Å²) >= 11 is 0. The third-order valence-corrected chi connectivity index (χ3v) is 10.8. The Balaban J connectivity index is 1.61. The molecular formula is C39H44FN3O5S. The predicted molar refractivity (Wildman–Crippen MR) is 189 cm³/mol. The van der Waals surface area contributed by atoms with Crippen LogP contribution in [-0.4, -0.2) is 50.9 Å². The fourth-order valence-electron chi connectivity index (χ4n) is 6.25. The summed E-state index contributed by atoms with van der Waals surface area (Å²) in [5, 5.41) is 3.17. The second kappa shape index (κ2) is 16.1. The summed E-state index contributed by atoms with van der Waals surface area (Å²) in [4.78, 5) is 30.3. The lowest BCUT2D eigenvalue weighted by atomic mass is 9.94. The lowest BCUT2D eigenvalue weighted by Gasteiger charge is -2.35. The van der Waals surface area contributed by atoms with Crippen molar-refractivity contribution in [3.63, 3.8) is 0 Å². The molecule has 1 aliphatic carbocycles. The number of aryl methyl sites for hydroxylation is 2. The van der Waals surface area contributed by atoms with Crippen molar-refractivity contribution in [3.05, 3.63) is 125 Å². The van der Waals surface area contributed by atoms with Crippen LogP contribution in [0.4, 0.5) is 10.1 Å². The molecule has 2 amide bonds. The first-order valence-electron chi connectivity index (χ1n) is 16.7. The number of nitrogens with one attached hydrogen (secondary N) is 1. The highest BCUT2D eigenvalue weighted by atomic mass is 32.2. The monoisotopic (exact) mass is 685 g/mol. The molecule has 8 nitrogen and oxygen atoms in total. The van der Waals surface area contributed by atoms with Crippen LogP contribution >= 0.6 is 0 Å². The van der Waals surface area contributed by atoms with E-state index < -0.39 is 34.3 Å². The van der Waals surface area contributed by atoms with Crippen molar-refractivity contribution in [2.24, 2.45) is 0 Å². The van der Waals surface area contributed by atoms with Gasteiger partial charge in [0.2, 0.25) is 11.8 Å². The minimum atomic E-state index is -4.33. The zero-order chi connectivity index (χ0) is 35.0. The fraction of sp³-hybridized carbons (Fsp3) is 0.333. The van der Waals surface area contributed by atoms with Gasteiger partial charge >= 0.3 is 0 Å². The van der Waals surface area contributed by atoms with Crippen LogP contribution < -0.4 is 14.4 Å². The van der Waals surface area contributed by atoms with Crippen LogP contribution in [0.15, 0.2) is 102 Å². The standard InChI is InChI=1S/C39H44FN3O5S/c1-28-18-21-33(22-19-28)49(46,47)43(35-24-29(2)20-23-37(35)48-3)27-38(44)42(26-31-14-10-11-17-34(31)40)36(25-30-12-6-4-7-13-30)39(45)41-32-15-8-5-9-16-32/h4,6-7,10-14,17-24,32,36H,5,8-9,15-16,25-27H2,1-3H3,(H,41,45)/t36-/m0/s1. The van der Waals surface area contributed by atoms with Gasteiger partial charge in [0.05, 0.1) is 17.7 Å². The number of anilines is 1. The highest BCUT2D eigenvalue weighted by Crippen LogP contribution is 2.34. The van der Waals surface area contributed by atoms with Gasteiger partial charge in [-0.2, -0.15) is 0 Å². The summed E-state index contributed by atoms with van der Waals surface area (Å²) in [6.07, 6.45) is 4.91. The second-order valence-electron chi connectivity index (χ2n) is 12.7. The molecule has 0 spiro atoms. The first-order chi connectivity index (χ1) is 23.6. The molecule has 0 heterocycles. The summed E-state index contributed by atoms with van der Waals surface area (Å²) in [5.41, 5.74) is 2.82. The lowest BCUT2D eigenvalue weighted by molar-refractivity contribution is -0.140. The summed E-state index contributed by atoms with van der Waals surface area (Å²) in [6, 6.07) is 25.8. The molecule has 4 aromatic carbocycles. The van der Waals surface area contributed by atoms with Crippen molar-refractivity contribution in [2.45, 2.75) is 75.9 Å². The van der Waals surface area contributed by atoms with E-state index in [-0.39, 0.29) is 46.8 Å². The Morgan fingerprint density at radius 2 is 1.53 bits per heavy atom. The first kappa shape index (κ1) is 35.6. The minimum Gasteiger partial charge on any atom is -0.495 e. The van der Waals surface area contributed by atoms with Crippen LogP contribution in [0.1, 0.15) is 54.4 Å². The average molecular weight is 686 g/mol. The number of hydrogen-bond acceptors (Lipinski definition) is 5. The molecule has 49 heavy (non-hydrogen) atoms. The van der Waals surface area contributed by atoms with Gasteiger partial charge in [-0.05, 0) is 68.1 Å². The largest absolute Gasteiger partial charge is 0.495 e. The van der Waals surface area contributed by atoms with Gasteiger partial charge in [0.25, 0.3) is 10.0 Å². The topological polar surface area (TPSA) is 96.0 Å². The number of nitrogens with zero attached hydrogens (tertiary/aromatic N) is 2. The molecule has 0 unspecified atom stereocenters. The average Bonchev–Trinajstić information content (AvgIpc) is 3.10. The number of amides is 2. The Morgan fingerprint density at radius 3 is 2.20 bits per heavy atom. The van der Waals surface area contributed by atoms with Crippen LogP contribution in [0, 0.1) is 19.7 Å². The van der Waals surface area contributed by atoms with Gasteiger partial charge in [-0.3, -0.25) is 13.9 Å². The van der Waals surface area contributed by atoms with Crippen LogP contribution in [0.3, 0.4) is 0 Å². The van der Waals surface area contributed by atoms with E-state index >= 15 is 4.39 Å². The number of benzene rings is 4. The van der Waals surface area contributed by atoms with Gasteiger partial charge in [-0.1, -0.05) is 91.6 Å². The molecule has 0 aliphatic heterocycles. The Hall–Kier alpha value is -4.70. The van der Waals surface area contributed by atoms with E-state index in [9.17, 15) is 18.0 Å². The SMILES string of the molecule is COc1ccc(C)cc1N(CC(=O)N(Cc1ccccc1F)[C@@H](Cc1ccccc1)C(=O)NC1CCCCC1)S(=O)(=O)c1ccc(C)cc1. The van der Waals surface area contributed by atoms with Crippen molar-refractivity contribution in [3.8, 4) is 5.75 Å². The number of halogens is 1. The van der Waals surface area contributed by atoms with E-state index in [2.05, 4.69) is 5.32 Å². The van der Waals surface area contributed by atoms with Crippen LogP contribution in [0.5, 0.6) is 5.75 Å². The maximum Gasteiger partial charge on any atom is 0.264 e. The van der Waals surface area contributed by atoms with Crippen molar-refractivity contribution in [2.75, 3.05) is 18.0 Å². The van der Waals surface area contributed by atoms with Gasteiger partial charge in [-0.25, -0.2) is 12.8 Å². The highest BCUT2D eigenvalue weighted by Gasteiger charge is 2.36. The quantitative estimate of drug-likeness (QED) is 0.168. The second-order valence-corrected chi connectivity index (χ2v) is 14.5. The Bertz CT molecular complexity index is 1840. The van der Waals surface area contributed by atoms with Crippen molar-refractivity contribution in [1.29, 1.82) is 0 Å². The Kier molecular flexibility index (Phi) is 11.7. The van der Waals surface area contributed by atoms with Gasteiger partial charge in [0.15, 0.2) is 0 Å². The molecule has 0 radical (unpaired) electrons. The molecule has 4 aromatic rings. The number of rotatable bonds is 13. The first-order valence-corrected chi connectivity index (χ1v) is 18.1. The van der Waals surface area contributed by atoms with Crippen molar-refractivity contribution >= 4 is 27.5 Å². The highest BCUT2D eigenvalue weighted by molar-refractivity contribution is 7.92. The van der Waals surface area contributed by atoms with Crippen molar-refractivity contribution in [1.82, 2.24) is 10.2 Å². The molecule has 5 rings (SSSR count). The molecule has 0 aromatic heterocycles. The van der Waals surface area contributed by atoms with Crippen LogP contribution in [-0.2, 0) is 32.6 Å². The fourth-order valence-corrected chi connectivity index (χ4v) is 7.67. The minimum absolute atomic E-state index is 0.00834. The molecule has 1 N–H and O–H groups in total. The third-order valence-electron chi connectivity index (χ3n) is 9.01. The van der Waals surface area contributed by atoms with Gasteiger partial charge < -0.3 is 15.0 Å². The van der Waals surface area contributed by atoms with E-state index in [1.807, 2.05) is 44.2 Å². The Labute approximate surface area is 289 Å². The smallest absolute Gasteiger partial charge is 0.264 e. The third kappa shape index (κ3) is 8.86. The normalized spacial score (nSPS) is 14.1. The Morgan fingerprint density at radius 1 is 0.878 bits per heavy atom. The predicted octanol–water partition coefficient (Wildman–Crippen LogP) is 6.74. The van der Waals surface area contributed by atoms with Crippen LogP contribution in [0.2, 0.25) is 0 Å². The molecular weight excluding hydrogens is 642 g/mol. The van der Waals surface area contributed by atoms with Gasteiger partial charge in [-0.15, -0.1) is 0 Å². The molecule has 1 fully saturated rings. The molecule has 258 valence electrons. The zero-order valence-electron chi connectivity index (χ0n) is 28.3. The van der Waals surface area contributed by atoms with E-state index in [1.54, 1.807) is 48.5 Å². The number of carbonyl (C=O) groups excluding carboxylic acids is 2. The van der Waals surface area contributed by atoms with Crippen molar-refractivity contribution < 1.29 is 27.1 Å². The van der Waals surface area contributed by atoms with Gasteiger partial charge in [0, 0.05) is 24.6 Å². The molecule has 1 atom stereocenters. The number of sulfonamides is 1. The number of carbonyl (C=O) groups is 2. The number of hydrogen-bond donors (Lipinski definition) is 1. The molecule has 0 bridgehead atoms. The van der Waals surface area contributed by atoms with E-state index in [0.29, 0.717) is 0 Å². The molecule has 1 aliphatic rings. The maximum atomic E-state index is 15.2. The van der Waals surface area contributed by atoms with E-state index in [0.717, 1.165) is 53.1 Å². The maximum absolute atomic E-state index is 15.2. The number of ether oxygens (including phenoxy) is 1. The van der Waals surface area contributed by atoms with E-state index in [1.165, 1.54) is 30.2 Å². The van der Waals surface area contributed by atoms with Crippen LogP contribution in [0.25, 0.3) is 0 Å². The molecule has 1 saturated carbocycles. The molecule has 0 saturated heterocycles. The lowest BCUT2D eigenvalue weighted by Crippen LogP contribution is -2.55. The summed E-state index contributed by atoms with van der Waals surface area (Å²) in [6.45, 7) is 2.77. The zero-order valence-corrected chi connectivity index (χ0v) is 29.1. The summed E-state index contributed by atoms with van der Waals surface area (Å²) in [5.74, 6) is -1.30. The van der Waals surface area contributed by atoms with E-state index in [4.69, 9.17) is 4.74 Å².